The van der Waals surface area contributed by atoms with Crippen molar-refractivity contribution >= 4 is 17.4 Å². The number of imidazole rings is 1. The van der Waals surface area contributed by atoms with E-state index in [9.17, 15) is 14.9 Å². The summed E-state index contributed by atoms with van der Waals surface area (Å²) in [7, 11) is 0. The molecule has 9 heteroatoms. The fourth-order valence-corrected chi connectivity index (χ4v) is 1.34. The monoisotopic (exact) mass is 250 g/mol. The predicted molar refractivity (Wildman–Crippen MR) is 60.7 cm³/mol. The van der Waals surface area contributed by atoms with Crippen molar-refractivity contribution in [1.29, 1.82) is 0 Å². The standard InChI is InChI=1S/C9H10N6O3/c16-9(13-7-3-11-12-4-7)1-2-14-5-8(10-6-14)15(17)18/h3-6H,1-2H2,(H,11,12)(H,13,16). The zero-order valence-corrected chi connectivity index (χ0v) is 9.24. The quantitative estimate of drug-likeness (QED) is 0.593. The highest BCUT2D eigenvalue weighted by Crippen LogP contribution is 2.07. The van der Waals surface area contributed by atoms with Crippen LogP contribution in [0.5, 0.6) is 0 Å². The Kier molecular flexibility index (Phi) is 3.32. The van der Waals surface area contributed by atoms with Gasteiger partial charge in [-0.15, -0.1) is 0 Å². The SMILES string of the molecule is O=C(CCn1cnc([N+](=O)[O-])c1)Nc1cn[nH]c1. The number of hydrogen-bond donors (Lipinski definition) is 2. The van der Waals surface area contributed by atoms with Crippen molar-refractivity contribution in [2.45, 2.75) is 13.0 Å². The van der Waals surface area contributed by atoms with E-state index in [1.165, 1.54) is 23.3 Å². The van der Waals surface area contributed by atoms with Gasteiger partial charge in [-0.3, -0.25) is 9.89 Å². The van der Waals surface area contributed by atoms with Crippen LogP contribution in [0.1, 0.15) is 6.42 Å². The summed E-state index contributed by atoms with van der Waals surface area (Å²) >= 11 is 0. The van der Waals surface area contributed by atoms with Gasteiger partial charge in [0, 0.05) is 19.2 Å². The first kappa shape index (κ1) is 11.8. The van der Waals surface area contributed by atoms with E-state index in [1.54, 1.807) is 6.20 Å². The Morgan fingerprint density at radius 3 is 3.06 bits per heavy atom. The van der Waals surface area contributed by atoms with Gasteiger partial charge in [0.2, 0.25) is 12.2 Å². The summed E-state index contributed by atoms with van der Waals surface area (Å²) in [5.74, 6) is -0.432. The Balaban J connectivity index is 1.83. The van der Waals surface area contributed by atoms with Gasteiger partial charge in [-0.1, -0.05) is 0 Å². The van der Waals surface area contributed by atoms with Gasteiger partial charge >= 0.3 is 5.82 Å². The summed E-state index contributed by atoms with van der Waals surface area (Å²) in [6, 6.07) is 0. The lowest BCUT2D eigenvalue weighted by Crippen LogP contribution is -2.13. The van der Waals surface area contributed by atoms with E-state index in [4.69, 9.17) is 0 Å². The summed E-state index contributed by atoms with van der Waals surface area (Å²) < 4.78 is 1.49. The number of amides is 1. The molecule has 0 aromatic carbocycles. The molecular formula is C9H10N6O3. The molecule has 0 bridgehead atoms. The highest BCUT2D eigenvalue weighted by atomic mass is 16.6. The van der Waals surface area contributed by atoms with Crippen LogP contribution in [-0.2, 0) is 11.3 Å². The first-order valence-corrected chi connectivity index (χ1v) is 5.10. The number of anilines is 1. The molecule has 2 rings (SSSR count). The fraction of sp³-hybridized carbons (Fsp3) is 0.222. The summed E-state index contributed by atoms with van der Waals surface area (Å²) in [5, 5.41) is 19.3. The number of rotatable bonds is 5. The van der Waals surface area contributed by atoms with Crippen molar-refractivity contribution in [3.05, 3.63) is 35.0 Å². The van der Waals surface area contributed by atoms with Crippen LogP contribution >= 0.6 is 0 Å². The Hall–Kier alpha value is -2.71. The number of carbonyl (C=O) groups is 1. The molecule has 0 unspecified atom stereocenters. The number of aryl methyl sites for hydroxylation is 1. The molecular weight excluding hydrogens is 240 g/mol. The highest BCUT2D eigenvalue weighted by molar-refractivity contribution is 5.90. The second-order valence-electron chi connectivity index (χ2n) is 3.51. The van der Waals surface area contributed by atoms with E-state index in [-0.39, 0.29) is 18.1 Å². The van der Waals surface area contributed by atoms with Crippen molar-refractivity contribution in [2.75, 3.05) is 5.32 Å². The maximum atomic E-state index is 11.5. The van der Waals surface area contributed by atoms with Gasteiger partial charge in [0.05, 0.1) is 11.9 Å². The second-order valence-corrected chi connectivity index (χ2v) is 3.51. The van der Waals surface area contributed by atoms with Crippen LogP contribution in [0.3, 0.4) is 0 Å². The molecule has 18 heavy (non-hydrogen) atoms. The topological polar surface area (TPSA) is 119 Å². The Morgan fingerprint density at radius 2 is 2.44 bits per heavy atom. The second kappa shape index (κ2) is 5.08. The average molecular weight is 250 g/mol. The van der Waals surface area contributed by atoms with E-state index in [0.717, 1.165) is 0 Å². The zero-order valence-electron chi connectivity index (χ0n) is 9.24. The Labute approximate surface area is 101 Å². The van der Waals surface area contributed by atoms with Crippen molar-refractivity contribution in [3.8, 4) is 0 Å². The van der Waals surface area contributed by atoms with Crippen molar-refractivity contribution in [1.82, 2.24) is 19.7 Å². The van der Waals surface area contributed by atoms with Gasteiger partial charge in [0.25, 0.3) is 0 Å². The van der Waals surface area contributed by atoms with Crippen LogP contribution in [0.15, 0.2) is 24.9 Å². The maximum Gasteiger partial charge on any atom is 0.381 e. The molecule has 94 valence electrons. The van der Waals surface area contributed by atoms with Crippen LogP contribution in [-0.4, -0.2) is 30.6 Å². The minimum Gasteiger partial charge on any atom is -0.358 e. The molecule has 0 aliphatic heterocycles. The van der Waals surface area contributed by atoms with Gasteiger partial charge < -0.3 is 20.0 Å². The molecule has 0 saturated carbocycles. The molecule has 2 aromatic heterocycles. The normalized spacial score (nSPS) is 10.2. The fourth-order valence-electron chi connectivity index (χ4n) is 1.34. The maximum absolute atomic E-state index is 11.5. The van der Waals surface area contributed by atoms with E-state index >= 15 is 0 Å². The van der Waals surface area contributed by atoms with Crippen LogP contribution in [0, 0.1) is 10.1 Å². The van der Waals surface area contributed by atoms with Crippen LogP contribution < -0.4 is 5.32 Å². The number of H-pyrrole nitrogens is 1. The Bertz CT molecular complexity index is 546. The third-order valence-corrected chi connectivity index (χ3v) is 2.19. The Morgan fingerprint density at radius 1 is 1.61 bits per heavy atom. The number of nitro groups is 1. The van der Waals surface area contributed by atoms with Gasteiger partial charge in [-0.25, -0.2) is 0 Å². The summed E-state index contributed by atoms with van der Waals surface area (Å²) in [4.78, 5) is 24.9. The molecule has 0 spiro atoms. The molecule has 9 nitrogen and oxygen atoms in total. The lowest BCUT2D eigenvalue weighted by Gasteiger charge is -2.01. The van der Waals surface area contributed by atoms with Crippen LogP contribution in [0.4, 0.5) is 11.5 Å². The molecule has 2 heterocycles. The third-order valence-electron chi connectivity index (χ3n) is 2.19. The number of nitrogens with one attached hydrogen (secondary N) is 2. The number of nitrogens with zero attached hydrogens (tertiary/aromatic N) is 4. The number of aromatic amines is 1. The average Bonchev–Trinajstić information content (AvgIpc) is 2.96. The predicted octanol–water partition coefficient (Wildman–Crippen LogP) is 0.543. The molecule has 2 aromatic rings. The molecule has 0 atom stereocenters. The summed E-state index contributed by atoms with van der Waals surface area (Å²) in [6.07, 6.45) is 5.84. The van der Waals surface area contributed by atoms with Gasteiger partial charge in [0.15, 0.2) is 0 Å². The van der Waals surface area contributed by atoms with Crippen LogP contribution in [0.2, 0.25) is 0 Å². The largest absolute Gasteiger partial charge is 0.381 e. The minimum absolute atomic E-state index is 0.193. The molecule has 0 fully saturated rings. The van der Waals surface area contributed by atoms with Gasteiger partial charge in [0.1, 0.15) is 6.20 Å². The zero-order chi connectivity index (χ0) is 13.0. The summed E-state index contributed by atoms with van der Waals surface area (Å²) in [6.45, 7) is 0.324. The molecule has 0 aliphatic rings. The molecule has 0 saturated heterocycles. The van der Waals surface area contributed by atoms with E-state index in [1.807, 2.05) is 0 Å². The van der Waals surface area contributed by atoms with Gasteiger partial charge in [-0.05, 0) is 9.91 Å². The van der Waals surface area contributed by atoms with Crippen LogP contribution in [0.25, 0.3) is 0 Å². The van der Waals surface area contributed by atoms with Gasteiger partial charge in [-0.2, -0.15) is 5.10 Å². The van der Waals surface area contributed by atoms with Crippen molar-refractivity contribution in [2.24, 2.45) is 0 Å². The summed E-state index contributed by atoms with van der Waals surface area (Å²) in [5.41, 5.74) is 0.580. The highest BCUT2D eigenvalue weighted by Gasteiger charge is 2.10. The van der Waals surface area contributed by atoms with Crippen molar-refractivity contribution in [3.63, 3.8) is 0 Å². The molecule has 0 radical (unpaired) electrons. The molecule has 1 amide bonds. The minimum atomic E-state index is -0.581. The number of hydrogen-bond acceptors (Lipinski definition) is 5. The van der Waals surface area contributed by atoms with Crippen molar-refractivity contribution < 1.29 is 9.72 Å². The number of carbonyl (C=O) groups excluding carboxylic acids is 1. The van der Waals surface area contributed by atoms with E-state index in [2.05, 4.69) is 20.5 Å². The number of aromatic nitrogens is 4. The lowest BCUT2D eigenvalue weighted by molar-refractivity contribution is -0.389. The lowest BCUT2D eigenvalue weighted by atomic mass is 10.4. The van der Waals surface area contributed by atoms with E-state index in [0.29, 0.717) is 12.2 Å². The van der Waals surface area contributed by atoms with E-state index < -0.39 is 4.92 Å². The third kappa shape index (κ3) is 2.90. The molecule has 0 aliphatic carbocycles. The smallest absolute Gasteiger partial charge is 0.358 e. The first-order valence-electron chi connectivity index (χ1n) is 5.10. The molecule has 2 N–H and O–H groups in total. The first-order chi connectivity index (χ1) is 8.65.